The van der Waals surface area contributed by atoms with E-state index in [1.165, 1.54) is 33.4 Å². The van der Waals surface area contributed by atoms with Crippen LogP contribution in [0.1, 0.15) is 46.5 Å². The molecule has 0 saturated heterocycles. The average molecular weight is 698 g/mol. The van der Waals surface area contributed by atoms with Gasteiger partial charge >= 0.3 is 0 Å². The molecule has 0 atom stereocenters. The van der Waals surface area contributed by atoms with E-state index in [1.54, 1.807) is 6.26 Å². The Kier molecular flexibility index (Phi) is 8.40. The lowest BCUT2D eigenvalue weighted by Gasteiger charge is -2.30. The molecule has 0 heterocycles. The van der Waals surface area contributed by atoms with Crippen LogP contribution in [-0.4, -0.2) is 6.29 Å². The van der Waals surface area contributed by atoms with Crippen molar-refractivity contribution < 1.29 is 9.53 Å². The summed E-state index contributed by atoms with van der Waals surface area (Å²) >= 11 is 0. The first-order valence-corrected chi connectivity index (χ1v) is 18.5. The number of para-hydroxylation sites is 1. The van der Waals surface area contributed by atoms with Crippen LogP contribution < -0.4 is 4.90 Å². The third kappa shape index (κ3) is 5.94. The Bertz CT molecular complexity index is 2720. The highest BCUT2D eigenvalue weighted by atomic mass is 16.5. The first kappa shape index (κ1) is 33.1. The van der Waals surface area contributed by atoms with Gasteiger partial charge in [-0.1, -0.05) is 135 Å². The molecule has 260 valence electrons. The standard InChI is InChI=1S/C51H39NO2/c1-51(2)48-18-10-8-17-46(48)47-25-24-44(32-49(47)51)52(50-19-11-9-16-45(50)36-12-4-3-5-13-36)43-23-22-39-28-35(20-21-40(39)31-43)26-27-54-34-42-30-38-15-7-6-14-37(38)29-41(42)33-53/h3-33H,34H2,1-2H3. The fraction of sp³-hybridized carbons (Fsp3) is 0.0784. The summed E-state index contributed by atoms with van der Waals surface area (Å²) in [6, 6.07) is 60.3. The molecule has 0 aliphatic heterocycles. The summed E-state index contributed by atoms with van der Waals surface area (Å²) < 4.78 is 5.94. The van der Waals surface area contributed by atoms with Crippen LogP contribution in [-0.2, 0) is 16.8 Å². The molecule has 9 rings (SSSR count). The molecule has 8 aromatic rings. The summed E-state index contributed by atoms with van der Waals surface area (Å²) in [5.41, 5.74) is 13.5. The molecule has 8 aromatic carbocycles. The van der Waals surface area contributed by atoms with Gasteiger partial charge in [-0.2, -0.15) is 0 Å². The van der Waals surface area contributed by atoms with Crippen LogP contribution in [0.25, 0.3) is 49.9 Å². The summed E-state index contributed by atoms with van der Waals surface area (Å²) in [7, 11) is 0. The van der Waals surface area contributed by atoms with Gasteiger partial charge in [0, 0.05) is 33.5 Å². The van der Waals surface area contributed by atoms with Crippen LogP contribution >= 0.6 is 0 Å². The minimum Gasteiger partial charge on any atom is -0.496 e. The van der Waals surface area contributed by atoms with Gasteiger partial charge < -0.3 is 9.64 Å². The van der Waals surface area contributed by atoms with E-state index in [4.69, 9.17) is 4.74 Å². The zero-order valence-corrected chi connectivity index (χ0v) is 30.4. The predicted molar refractivity (Wildman–Crippen MR) is 225 cm³/mol. The summed E-state index contributed by atoms with van der Waals surface area (Å²) in [6.45, 7) is 4.99. The topological polar surface area (TPSA) is 29.5 Å². The van der Waals surface area contributed by atoms with Gasteiger partial charge in [0.05, 0.1) is 11.9 Å². The van der Waals surface area contributed by atoms with E-state index >= 15 is 0 Å². The number of anilines is 3. The highest BCUT2D eigenvalue weighted by molar-refractivity contribution is 5.95. The summed E-state index contributed by atoms with van der Waals surface area (Å²) in [6.07, 6.45) is 4.59. The van der Waals surface area contributed by atoms with Gasteiger partial charge in [0.2, 0.25) is 0 Å². The van der Waals surface area contributed by atoms with E-state index in [0.717, 1.165) is 56.0 Å². The second-order valence-corrected chi connectivity index (χ2v) is 14.5. The van der Waals surface area contributed by atoms with Gasteiger partial charge in [-0.05, 0) is 110 Å². The van der Waals surface area contributed by atoms with Crippen molar-refractivity contribution >= 4 is 51.0 Å². The molecule has 0 N–H and O–H groups in total. The van der Waals surface area contributed by atoms with Crippen molar-refractivity contribution in [1.82, 2.24) is 0 Å². The van der Waals surface area contributed by atoms with Crippen molar-refractivity contribution in [2.45, 2.75) is 25.9 Å². The fourth-order valence-electron chi connectivity index (χ4n) is 8.09. The number of fused-ring (bicyclic) bond motifs is 5. The van der Waals surface area contributed by atoms with Gasteiger partial charge in [-0.15, -0.1) is 0 Å². The van der Waals surface area contributed by atoms with Crippen molar-refractivity contribution in [3.8, 4) is 22.3 Å². The minimum atomic E-state index is -0.115. The van der Waals surface area contributed by atoms with Gasteiger partial charge in [-0.3, -0.25) is 4.79 Å². The van der Waals surface area contributed by atoms with Crippen LogP contribution in [0.2, 0.25) is 0 Å². The Morgan fingerprint density at radius 1 is 0.556 bits per heavy atom. The molecular formula is C51H39NO2. The number of hydrogen-bond donors (Lipinski definition) is 0. The second-order valence-electron chi connectivity index (χ2n) is 14.5. The number of aldehydes is 1. The van der Waals surface area contributed by atoms with E-state index in [0.29, 0.717) is 12.2 Å². The summed E-state index contributed by atoms with van der Waals surface area (Å²) in [5, 5.41) is 4.42. The van der Waals surface area contributed by atoms with Crippen molar-refractivity contribution in [3.05, 3.63) is 204 Å². The fourth-order valence-corrected chi connectivity index (χ4v) is 8.09. The first-order chi connectivity index (χ1) is 26.5. The third-order valence-corrected chi connectivity index (χ3v) is 10.9. The molecule has 54 heavy (non-hydrogen) atoms. The lowest BCUT2D eigenvalue weighted by Crippen LogP contribution is -2.16. The highest BCUT2D eigenvalue weighted by Crippen LogP contribution is 2.51. The predicted octanol–water partition coefficient (Wildman–Crippen LogP) is 13.4. The first-order valence-electron chi connectivity index (χ1n) is 18.5. The largest absolute Gasteiger partial charge is 0.496 e. The normalized spacial score (nSPS) is 12.9. The molecular weight excluding hydrogens is 659 g/mol. The SMILES string of the molecule is CC1(C)c2ccccc2-c2ccc(N(c3ccc4cc(C=COCc5cc6ccccc6cc5C=O)ccc4c3)c3ccccc3-c3ccccc3)cc21. The zero-order valence-electron chi connectivity index (χ0n) is 30.4. The van der Waals surface area contributed by atoms with Crippen LogP contribution in [0.15, 0.2) is 176 Å². The van der Waals surface area contributed by atoms with E-state index in [1.807, 2.05) is 36.4 Å². The smallest absolute Gasteiger partial charge is 0.150 e. The van der Waals surface area contributed by atoms with E-state index in [2.05, 4.69) is 158 Å². The van der Waals surface area contributed by atoms with Crippen LogP contribution in [0.5, 0.6) is 0 Å². The molecule has 0 amide bonds. The van der Waals surface area contributed by atoms with Crippen molar-refractivity contribution in [2.24, 2.45) is 0 Å². The van der Waals surface area contributed by atoms with E-state index < -0.39 is 0 Å². The number of benzene rings is 8. The van der Waals surface area contributed by atoms with Gasteiger partial charge in [0.15, 0.2) is 0 Å². The van der Waals surface area contributed by atoms with Crippen molar-refractivity contribution in [3.63, 3.8) is 0 Å². The molecule has 0 bridgehead atoms. The third-order valence-electron chi connectivity index (χ3n) is 10.9. The molecule has 0 aromatic heterocycles. The number of carbonyl (C=O) groups is 1. The number of carbonyl (C=O) groups excluding carboxylic acids is 1. The molecule has 0 radical (unpaired) electrons. The average Bonchev–Trinajstić information content (AvgIpc) is 3.45. The number of nitrogens with zero attached hydrogens (tertiary/aromatic N) is 1. The zero-order chi connectivity index (χ0) is 36.6. The maximum atomic E-state index is 11.8. The number of rotatable bonds is 9. The molecule has 3 nitrogen and oxygen atoms in total. The Balaban J connectivity index is 1.06. The number of hydrogen-bond acceptors (Lipinski definition) is 3. The monoisotopic (exact) mass is 697 g/mol. The Morgan fingerprint density at radius 3 is 2.02 bits per heavy atom. The molecule has 1 aliphatic rings. The quantitative estimate of drug-likeness (QED) is 0.111. The lowest BCUT2D eigenvalue weighted by molar-refractivity contribution is 0.112. The lowest BCUT2D eigenvalue weighted by atomic mass is 9.82. The Hall–Kier alpha value is -6.71. The van der Waals surface area contributed by atoms with Crippen LogP contribution in [0.4, 0.5) is 17.1 Å². The Morgan fingerprint density at radius 2 is 1.19 bits per heavy atom. The van der Waals surface area contributed by atoms with Crippen LogP contribution in [0, 0.1) is 0 Å². The maximum Gasteiger partial charge on any atom is 0.150 e. The van der Waals surface area contributed by atoms with Gasteiger partial charge in [0.1, 0.15) is 12.9 Å². The summed E-state index contributed by atoms with van der Waals surface area (Å²) in [5.74, 6) is 0. The molecule has 0 fully saturated rings. The van der Waals surface area contributed by atoms with E-state index in [-0.39, 0.29) is 5.41 Å². The molecule has 1 aliphatic carbocycles. The molecule has 0 saturated carbocycles. The number of ether oxygens (including phenoxy) is 1. The van der Waals surface area contributed by atoms with Crippen molar-refractivity contribution in [2.75, 3.05) is 4.90 Å². The second kappa shape index (κ2) is 13.7. The maximum absolute atomic E-state index is 11.8. The van der Waals surface area contributed by atoms with Gasteiger partial charge in [0.25, 0.3) is 0 Å². The molecule has 3 heteroatoms. The van der Waals surface area contributed by atoms with E-state index in [9.17, 15) is 4.79 Å². The minimum absolute atomic E-state index is 0.115. The Labute approximate surface area is 316 Å². The molecule has 0 unspecified atom stereocenters. The van der Waals surface area contributed by atoms with Crippen LogP contribution in [0.3, 0.4) is 0 Å². The van der Waals surface area contributed by atoms with Gasteiger partial charge in [-0.25, -0.2) is 0 Å². The highest BCUT2D eigenvalue weighted by Gasteiger charge is 2.35. The molecule has 0 spiro atoms. The van der Waals surface area contributed by atoms with Crippen molar-refractivity contribution in [1.29, 1.82) is 0 Å². The summed E-state index contributed by atoms with van der Waals surface area (Å²) in [4.78, 5) is 14.2.